The lowest BCUT2D eigenvalue weighted by molar-refractivity contribution is -0.137. The number of hydrogen-bond acceptors (Lipinski definition) is 2. The number of alkyl halides is 3. The van der Waals surface area contributed by atoms with Crippen molar-refractivity contribution < 1.29 is 18.0 Å². The van der Waals surface area contributed by atoms with Crippen LogP contribution in [0.4, 0.5) is 13.2 Å². The number of nitrogens with zero attached hydrogens (tertiary/aromatic N) is 2. The fourth-order valence-corrected chi connectivity index (χ4v) is 3.45. The molecule has 30 heavy (non-hydrogen) atoms. The first-order chi connectivity index (χ1) is 14.4. The van der Waals surface area contributed by atoms with Crippen LogP contribution in [0.5, 0.6) is 0 Å². The average Bonchev–Trinajstić information content (AvgIpc) is 2.76. The number of amides is 1. The van der Waals surface area contributed by atoms with Gasteiger partial charge >= 0.3 is 6.18 Å². The molecule has 3 aromatic rings. The smallest absolute Gasteiger partial charge is 0.334 e. The molecule has 4 rings (SSSR count). The van der Waals surface area contributed by atoms with Crippen LogP contribution in [0.2, 0.25) is 0 Å². The zero-order valence-corrected chi connectivity index (χ0v) is 15.9. The summed E-state index contributed by atoms with van der Waals surface area (Å²) in [5, 5.41) is 0. The van der Waals surface area contributed by atoms with Gasteiger partial charge in [0.05, 0.1) is 5.56 Å². The van der Waals surface area contributed by atoms with Gasteiger partial charge in [0.15, 0.2) is 0 Å². The maximum Gasteiger partial charge on any atom is 0.417 e. The molecular weight excluding hydrogens is 389 g/mol. The van der Waals surface area contributed by atoms with Gasteiger partial charge in [-0.05, 0) is 53.8 Å². The zero-order valence-electron chi connectivity index (χ0n) is 15.9. The predicted molar refractivity (Wildman–Crippen MR) is 107 cm³/mol. The third-order valence-electron chi connectivity index (χ3n) is 4.98. The minimum Gasteiger partial charge on any atom is -0.334 e. The van der Waals surface area contributed by atoms with E-state index in [1.165, 1.54) is 23.9 Å². The van der Waals surface area contributed by atoms with E-state index in [0.717, 1.165) is 18.1 Å². The van der Waals surface area contributed by atoms with Crippen molar-refractivity contribution in [3.63, 3.8) is 0 Å². The fourth-order valence-electron chi connectivity index (χ4n) is 3.45. The SMILES string of the molecule is O=C(c1ccc(C(F)(F)F)c(C#Cc2ccccn2)c1)N1CCc2ccccc2C1. The summed E-state index contributed by atoms with van der Waals surface area (Å²) in [6.45, 7) is 0.955. The van der Waals surface area contributed by atoms with Crippen molar-refractivity contribution in [3.8, 4) is 11.8 Å². The molecule has 0 saturated carbocycles. The molecule has 1 aromatic heterocycles. The van der Waals surface area contributed by atoms with Gasteiger partial charge in [0.2, 0.25) is 0 Å². The van der Waals surface area contributed by atoms with Crippen molar-refractivity contribution in [3.05, 3.63) is 100 Å². The van der Waals surface area contributed by atoms with Crippen LogP contribution >= 0.6 is 0 Å². The van der Waals surface area contributed by atoms with Crippen LogP contribution in [0.1, 0.15) is 38.3 Å². The summed E-state index contributed by atoms with van der Waals surface area (Å²) >= 11 is 0. The van der Waals surface area contributed by atoms with Crippen LogP contribution in [0, 0.1) is 11.8 Å². The van der Waals surface area contributed by atoms with E-state index < -0.39 is 11.7 Å². The molecule has 0 atom stereocenters. The van der Waals surface area contributed by atoms with E-state index in [1.807, 2.05) is 24.3 Å². The number of pyridine rings is 1. The molecule has 6 heteroatoms. The second kappa shape index (κ2) is 8.03. The molecule has 1 amide bonds. The van der Waals surface area contributed by atoms with Crippen LogP contribution in [-0.4, -0.2) is 22.3 Å². The minimum absolute atomic E-state index is 0.188. The Labute approximate surface area is 172 Å². The predicted octanol–water partition coefficient (Wildman–Crippen LogP) is 4.70. The summed E-state index contributed by atoms with van der Waals surface area (Å²) in [6, 6.07) is 16.2. The highest BCUT2D eigenvalue weighted by Gasteiger charge is 2.34. The van der Waals surface area contributed by atoms with Crippen molar-refractivity contribution in [1.82, 2.24) is 9.88 Å². The molecule has 0 unspecified atom stereocenters. The zero-order chi connectivity index (χ0) is 21.1. The molecule has 0 saturated heterocycles. The Morgan fingerprint density at radius 1 is 0.967 bits per heavy atom. The van der Waals surface area contributed by atoms with Crippen molar-refractivity contribution >= 4 is 5.91 Å². The Morgan fingerprint density at radius 2 is 1.73 bits per heavy atom. The Bertz CT molecular complexity index is 1140. The summed E-state index contributed by atoms with van der Waals surface area (Å²) in [6.07, 6.45) is -2.34. The quantitative estimate of drug-likeness (QED) is 0.549. The number of benzene rings is 2. The van der Waals surface area contributed by atoms with E-state index >= 15 is 0 Å². The number of rotatable bonds is 1. The number of aromatic nitrogens is 1. The molecule has 0 aliphatic carbocycles. The van der Waals surface area contributed by atoms with Crippen molar-refractivity contribution in [2.24, 2.45) is 0 Å². The summed E-state index contributed by atoms with van der Waals surface area (Å²) in [5.41, 5.74) is 1.68. The Kier molecular flexibility index (Phi) is 5.28. The van der Waals surface area contributed by atoms with E-state index in [1.54, 1.807) is 23.1 Å². The molecule has 150 valence electrons. The summed E-state index contributed by atoms with van der Waals surface area (Å²) in [7, 11) is 0. The standard InChI is InChI=1S/C24H17F3N2O/c25-24(26,27)22-11-9-19(15-18(22)8-10-21-7-3-4-13-28-21)23(30)29-14-12-17-5-1-2-6-20(17)16-29/h1-7,9,11,13,15H,12,14,16H2. The molecular formula is C24H17F3N2O. The molecule has 0 bridgehead atoms. The largest absolute Gasteiger partial charge is 0.417 e. The van der Waals surface area contributed by atoms with Crippen LogP contribution < -0.4 is 0 Å². The number of carbonyl (C=O) groups excluding carboxylic acids is 1. The summed E-state index contributed by atoms with van der Waals surface area (Å²) in [4.78, 5) is 18.6. The van der Waals surface area contributed by atoms with Gasteiger partial charge in [-0.2, -0.15) is 13.2 Å². The number of fused-ring (bicyclic) bond motifs is 1. The highest BCUT2D eigenvalue weighted by molar-refractivity contribution is 5.95. The molecule has 2 aromatic carbocycles. The van der Waals surface area contributed by atoms with E-state index in [-0.39, 0.29) is 17.0 Å². The number of carbonyl (C=O) groups is 1. The van der Waals surface area contributed by atoms with Gasteiger partial charge < -0.3 is 4.90 Å². The molecule has 0 N–H and O–H groups in total. The second-order valence-corrected chi connectivity index (χ2v) is 6.97. The molecule has 0 fully saturated rings. The maximum absolute atomic E-state index is 13.4. The molecule has 2 heterocycles. The molecule has 0 spiro atoms. The van der Waals surface area contributed by atoms with E-state index in [9.17, 15) is 18.0 Å². The first-order valence-electron chi connectivity index (χ1n) is 9.42. The first-order valence-corrected chi connectivity index (χ1v) is 9.42. The second-order valence-electron chi connectivity index (χ2n) is 6.97. The third-order valence-corrected chi connectivity index (χ3v) is 4.98. The van der Waals surface area contributed by atoms with E-state index in [0.29, 0.717) is 18.8 Å². The average molecular weight is 406 g/mol. The molecule has 3 nitrogen and oxygen atoms in total. The first kappa shape index (κ1) is 19.7. The van der Waals surface area contributed by atoms with Crippen LogP contribution in [0.15, 0.2) is 66.9 Å². The number of halogens is 3. The third kappa shape index (κ3) is 4.20. The van der Waals surface area contributed by atoms with E-state index in [4.69, 9.17) is 0 Å². The molecule has 1 aliphatic rings. The summed E-state index contributed by atoms with van der Waals surface area (Å²) < 4.78 is 40.3. The topological polar surface area (TPSA) is 33.2 Å². The van der Waals surface area contributed by atoms with Gasteiger partial charge in [0.25, 0.3) is 5.91 Å². The van der Waals surface area contributed by atoms with Crippen molar-refractivity contribution in [2.45, 2.75) is 19.1 Å². The Morgan fingerprint density at radius 3 is 2.47 bits per heavy atom. The van der Waals surface area contributed by atoms with Crippen molar-refractivity contribution in [2.75, 3.05) is 6.54 Å². The molecule has 1 aliphatic heterocycles. The van der Waals surface area contributed by atoms with Gasteiger partial charge in [-0.1, -0.05) is 36.3 Å². The Hall–Kier alpha value is -3.59. The van der Waals surface area contributed by atoms with Gasteiger partial charge in [-0.15, -0.1) is 0 Å². The van der Waals surface area contributed by atoms with Crippen LogP contribution in [0.25, 0.3) is 0 Å². The lowest BCUT2D eigenvalue weighted by Crippen LogP contribution is -2.36. The lowest BCUT2D eigenvalue weighted by Gasteiger charge is -2.29. The highest BCUT2D eigenvalue weighted by Crippen LogP contribution is 2.32. The summed E-state index contributed by atoms with van der Waals surface area (Å²) in [5.74, 6) is 4.89. The Balaban J connectivity index is 1.66. The fraction of sp³-hybridized carbons (Fsp3) is 0.167. The van der Waals surface area contributed by atoms with Crippen LogP contribution in [-0.2, 0) is 19.1 Å². The number of hydrogen-bond donors (Lipinski definition) is 0. The van der Waals surface area contributed by atoms with Crippen molar-refractivity contribution in [1.29, 1.82) is 0 Å². The van der Waals surface area contributed by atoms with E-state index in [2.05, 4.69) is 16.8 Å². The lowest BCUT2D eigenvalue weighted by atomic mass is 9.98. The van der Waals surface area contributed by atoms with Crippen LogP contribution in [0.3, 0.4) is 0 Å². The van der Waals surface area contributed by atoms with Gasteiger partial charge in [-0.3, -0.25) is 4.79 Å². The van der Waals surface area contributed by atoms with Gasteiger partial charge in [0, 0.05) is 30.4 Å². The van der Waals surface area contributed by atoms with Gasteiger partial charge in [-0.25, -0.2) is 4.98 Å². The normalized spacial score (nSPS) is 13.2. The molecule has 0 radical (unpaired) electrons. The maximum atomic E-state index is 13.4. The monoisotopic (exact) mass is 406 g/mol. The van der Waals surface area contributed by atoms with Gasteiger partial charge in [0.1, 0.15) is 5.69 Å². The highest BCUT2D eigenvalue weighted by atomic mass is 19.4. The minimum atomic E-state index is -4.57.